The third kappa shape index (κ3) is 6.05. The SMILES string of the molecule is CCOc1ccc(/C=C/C(=O)Nc2ccc(S(=O)(=O)Nc3nccnc3OC)cc2)cc1. The first-order valence-electron chi connectivity index (χ1n) is 9.61. The van der Waals surface area contributed by atoms with Crippen LogP contribution in [0.4, 0.5) is 11.5 Å². The minimum absolute atomic E-state index is 0.00636. The number of ether oxygens (including phenoxy) is 2. The first kappa shape index (κ1) is 22.8. The normalized spacial score (nSPS) is 11.2. The molecule has 0 radical (unpaired) electrons. The van der Waals surface area contributed by atoms with Crippen LogP contribution in [-0.4, -0.2) is 38.0 Å². The Bertz CT molecular complexity index is 1190. The van der Waals surface area contributed by atoms with Gasteiger partial charge in [0.15, 0.2) is 0 Å². The fourth-order valence-electron chi connectivity index (χ4n) is 2.65. The molecule has 0 saturated heterocycles. The van der Waals surface area contributed by atoms with E-state index in [2.05, 4.69) is 20.0 Å². The Morgan fingerprint density at radius 3 is 2.38 bits per heavy atom. The second-order valence-electron chi connectivity index (χ2n) is 6.37. The van der Waals surface area contributed by atoms with Crippen molar-refractivity contribution in [1.82, 2.24) is 9.97 Å². The largest absolute Gasteiger partial charge is 0.494 e. The minimum Gasteiger partial charge on any atom is -0.494 e. The summed E-state index contributed by atoms with van der Waals surface area (Å²) in [6, 6.07) is 13.1. The molecule has 0 bridgehead atoms. The van der Waals surface area contributed by atoms with Crippen LogP contribution in [0.25, 0.3) is 6.08 Å². The summed E-state index contributed by atoms with van der Waals surface area (Å²) < 4.78 is 37.9. The van der Waals surface area contributed by atoms with Crippen molar-refractivity contribution in [2.75, 3.05) is 23.8 Å². The van der Waals surface area contributed by atoms with Crippen molar-refractivity contribution in [3.63, 3.8) is 0 Å². The molecule has 32 heavy (non-hydrogen) atoms. The quantitative estimate of drug-likeness (QED) is 0.476. The van der Waals surface area contributed by atoms with Crippen LogP contribution >= 0.6 is 0 Å². The van der Waals surface area contributed by atoms with Gasteiger partial charge in [0.05, 0.1) is 18.6 Å². The zero-order chi connectivity index (χ0) is 23.0. The molecule has 0 aliphatic heterocycles. The molecule has 1 heterocycles. The van der Waals surface area contributed by atoms with Gasteiger partial charge in [-0.3, -0.25) is 9.52 Å². The molecule has 0 aliphatic rings. The van der Waals surface area contributed by atoms with E-state index in [0.29, 0.717) is 12.3 Å². The number of amides is 1. The maximum atomic E-state index is 12.6. The van der Waals surface area contributed by atoms with E-state index in [1.807, 2.05) is 31.2 Å². The number of nitrogens with zero attached hydrogens (tertiary/aromatic N) is 2. The summed E-state index contributed by atoms with van der Waals surface area (Å²) in [5.41, 5.74) is 1.29. The molecule has 1 amide bonds. The maximum absolute atomic E-state index is 12.6. The van der Waals surface area contributed by atoms with Gasteiger partial charge < -0.3 is 14.8 Å². The molecule has 3 rings (SSSR count). The van der Waals surface area contributed by atoms with E-state index in [0.717, 1.165) is 11.3 Å². The highest BCUT2D eigenvalue weighted by Gasteiger charge is 2.18. The summed E-state index contributed by atoms with van der Waals surface area (Å²) in [6.07, 6.45) is 5.79. The van der Waals surface area contributed by atoms with E-state index < -0.39 is 10.0 Å². The number of hydrogen-bond acceptors (Lipinski definition) is 7. The Kier molecular flexibility index (Phi) is 7.40. The molecule has 1 aromatic heterocycles. The van der Waals surface area contributed by atoms with Crippen molar-refractivity contribution in [3.05, 3.63) is 72.6 Å². The van der Waals surface area contributed by atoms with Crippen molar-refractivity contribution in [2.24, 2.45) is 0 Å². The lowest BCUT2D eigenvalue weighted by molar-refractivity contribution is -0.111. The lowest BCUT2D eigenvalue weighted by Crippen LogP contribution is -2.15. The van der Waals surface area contributed by atoms with E-state index >= 15 is 0 Å². The average Bonchev–Trinajstić information content (AvgIpc) is 2.79. The van der Waals surface area contributed by atoms with Crippen molar-refractivity contribution in [3.8, 4) is 11.6 Å². The molecule has 0 unspecified atom stereocenters. The predicted octanol–water partition coefficient (Wildman–Crippen LogP) is 3.34. The fraction of sp³-hybridized carbons (Fsp3) is 0.136. The number of aromatic nitrogens is 2. The maximum Gasteiger partial charge on any atom is 0.263 e. The fourth-order valence-corrected chi connectivity index (χ4v) is 3.65. The molecule has 0 aliphatic carbocycles. The molecule has 2 aromatic carbocycles. The van der Waals surface area contributed by atoms with Gasteiger partial charge >= 0.3 is 0 Å². The van der Waals surface area contributed by atoms with Crippen LogP contribution in [0.5, 0.6) is 11.6 Å². The van der Waals surface area contributed by atoms with Crippen LogP contribution in [0, 0.1) is 0 Å². The lowest BCUT2D eigenvalue weighted by atomic mass is 10.2. The Labute approximate surface area is 186 Å². The summed E-state index contributed by atoms with van der Waals surface area (Å²) in [4.78, 5) is 20.0. The van der Waals surface area contributed by atoms with E-state index in [1.54, 1.807) is 6.08 Å². The zero-order valence-electron chi connectivity index (χ0n) is 17.5. The summed E-state index contributed by atoms with van der Waals surface area (Å²) >= 11 is 0. The van der Waals surface area contributed by atoms with Gasteiger partial charge in [0.25, 0.3) is 15.9 Å². The summed E-state index contributed by atoms with van der Waals surface area (Å²) in [5, 5.41) is 2.68. The van der Waals surface area contributed by atoms with E-state index in [4.69, 9.17) is 9.47 Å². The summed E-state index contributed by atoms with van der Waals surface area (Å²) in [6.45, 7) is 2.49. The van der Waals surface area contributed by atoms with Crippen molar-refractivity contribution >= 4 is 33.5 Å². The standard InChI is InChI=1S/C22H22N4O5S/c1-3-31-18-9-4-16(5-10-18)6-13-20(27)25-17-7-11-19(12-8-17)32(28,29)26-21-22(30-2)24-15-14-23-21/h4-15H,3H2,1-2H3,(H,23,26)(H,25,27)/b13-6+. The van der Waals surface area contributed by atoms with Crippen molar-refractivity contribution < 1.29 is 22.7 Å². The van der Waals surface area contributed by atoms with Crippen LogP contribution in [0.15, 0.2) is 71.9 Å². The van der Waals surface area contributed by atoms with Gasteiger partial charge in [0.1, 0.15) is 5.75 Å². The smallest absolute Gasteiger partial charge is 0.263 e. The molecule has 9 nitrogen and oxygen atoms in total. The van der Waals surface area contributed by atoms with Crippen LogP contribution < -0.4 is 19.5 Å². The van der Waals surface area contributed by atoms with Gasteiger partial charge in [-0.2, -0.15) is 0 Å². The predicted molar refractivity (Wildman–Crippen MR) is 121 cm³/mol. The second-order valence-corrected chi connectivity index (χ2v) is 8.05. The number of anilines is 2. The third-order valence-electron chi connectivity index (χ3n) is 4.14. The number of benzene rings is 2. The van der Waals surface area contributed by atoms with Gasteiger partial charge in [-0.05, 0) is 55.0 Å². The Morgan fingerprint density at radius 2 is 1.72 bits per heavy atom. The van der Waals surface area contributed by atoms with Crippen molar-refractivity contribution in [2.45, 2.75) is 11.8 Å². The molecule has 10 heteroatoms. The van der Waals surface area contributed by atoms with Crippen LogP contribution in [0.2, 0.25) is 0 Å². The molecular weight excluding hydrogens is 432 g/mol. The molecule has 0 spiro atoms. The average molecular weight is 455 g/mol. The number of methoxy groups -OCH3 is 1. The van der Waals surface area contributed by atoms with Crippen molar-refractivity contribution in [1.29, 1.82) is 0 Å². The first-order valence-corrected chi connectivity index (χ1v) is 11.1. The molecule has 0 saturated carbocycles. The Balaban J connectivity index is 1.62. The number of sulfonamides is 1. The van der Waals surface area contributed by atoms with E-state index in [9.17, 15) is 13.2 Å². The first-order chi connectivity index (χ1) is 15.4. The topological polar surface area (TPSA) is 120 Å². The van der Waals surface area contributed by atoms with Crippen LogP contribution in [0.3, 0.4) is 0 Å². The molecule has 0 fully saturated rings. The highest BCUT2D eigenvalue weighted by Crippen LogP contribution is 2.22. The van der Waals surface area contributed by atoms with E-state index in [-0.39, 0.29) is 22.5 Å². The number of rotatable bonds is 9. The number of hydrogen-bond donors (Lipinski definition) is 2. The number of carbonyl (C=O) groups excluding carboxylic acids is 1. The minimum atomic E-state index is -3.91. The zero-order valence-corrected chi connectivity index (χ0v) is 18.3. The Hall–Kier alpha value is -3.92. The summed E-state index contributed by atoms with van der Waals surface area (Å²) in [7, 11) is -2.55. The monoisotopic (exact) mass is 454 g/mol. The van der Waals surface area contributed by atoms with Gasteiger partial charge in [0.2, 0.25) is 11.7 Å². The number of carbonyl (C=O) groups is 1. The van der Waals surface area contributed by atoms with Crippen LogP contribution in [-0.2, 0) is 14.8 Å². The Morgan fingerprint density at radius 1 is 1.03 bits per heavy atom. The third-order valence-corrected chi connectivity index (χ3v) is 5.49. The molecule has 2 N–H and O–H groups in total. The highest BCUT2D eigenvalue weighted by atomic mass is 32.2. The van der Waals surface area contributed by atoms with Gasteiger partial charge in [-0.1, -0.05) is 12.1 Å². The molecule has 3 aromatic rings. The van der Waals surface area contributed by atoms with Gasteiger partial charge in [-0.25, -0.2) is 18.4 Å². The second kappa shape index (κ2) is 10.4. The molecular formula is C22H22N4O5S. The van der Waals surface area contributed by atoms with Gasteiger partial charge in [0, 0.05) is 24.2 Å². The van der Waals surface area contributed by atoms with Crippen LogP contribution in [0.1, 0.15) is 12.5 Å². The lowest BCUT2D eigenvalue weighted by Gasteiger charge is -2.10. The summed E-state index contributed by atoms with van der Waals surface area (Å²) in [5.74, 6) is 0.444. The highest BCUT2D eigenvalue weighted by molar-refractivity contribution is 7.92. The number of nitrogens with one attached hydrogen (secondary N) is 2. The van der Waals surface area contributed by atoms with E-state index in [1.165, 1.54) is 49.8 Å². The molecule has 166 valence electrons. The van der Waals surface area contributed by atoms with Gasteiger partial charge in [-0.15, -0.1) is 0 Å². The molecule has 0 atom stereocenters.